The number of hydrogen-bond acceptors (Lipinski definition) is 4. The molecule has 0 aliphatic heterocycles. The Kier molecular flexibility index (Phi) is 7.64. The molecule has 4 aromatic rings. The molecule has 2 aromatic heterocycles. The molecular weight excluding hydrogens is 348 g/mol. The lowest BCUT2D eigenvalue weighted by atomic mass is 10.1. The fourth-order valence-corrected chi connectivity index (χ4v) is 2.50. The number of aromatic nitrogens is 2. The summed E-state index contributed by atoms with van der Waals surface area (Å²) < 4.78 is 5.68. The quantitative estimate of drug-likeness (QED) is 0.380. The maximum atomic E-state index is 10.8. The molecule has 0 fully saturated rings. The number of oxazole rings is 1. The van der Waals surface area contributed by atoms with Crippen LogP contribution in [0.5, 0.6) is 0 Å². The van der Waals surface area contributed by atoms with Gasteiger partial charge in [0.25, 0.3) is 0 Å². The third kappa shape index (κ3) is 5.36. The van der Waals surface area contributed by atoms with Crippen LogP contribution < -0.4 is 0 Å². The number of Topliss-reactive ketones (excluding diaryl/α,β-unsaturated/α-hetero) is 1. The first-order valence-electron chi connectivity index (χ1n) is 9.39. The summed E-state index contributed by atoms with van der Waals surface area (Å²) in [6.45, 7) is 9.62. The third-order valence-electron chi connectivity index (χ3n) is 4.02. The van der Waals surface area contributed by atoms with Crippen molar-refractivity contribution in [2.45, 2.75) is 34.6 Å². The smallest absolute Gasteiger partial charge is 0.227 e. The molecule has 0 atom stereocenters. The number of benzene rings is 2. The fourth-order valence-electron chi connectivity index (χ4n) is 2.50. The summed E-state index contributed by atoms with van der Waals surface area (Å²) in [5.74, 6) is 0.779. The van der Waals surface area contributed by atoms with Crippen molar-refractivity contribution in [1.82, 2.24) is 9.97 Å². The monoisotopic (exact) mass is 374 g/mol. The van der Waals surface area contributed by atoms with E-state index < -0.39 is 0 Å². The lowest BCUT2D eigenvalue weighted by Crippen LogP contribution is -1.90. The van der Waals surface area contributed by atoms with E-state index in [1.165, 1.54) is 5.56 Å². The van der Waals surface area contributed by atoms with Gasteiger partial charge < -0.3 is 4.42 Å². The molecule has 0 aliphatic rings. The van der Waals surface area contributed by atoms with Crippen molar-refractivity contribution in [1.29, 1.82) is 0 Å². The van der Waals surface area contributed by atoms with Gasteiger partial charge in [0.15, 0.2) is 11.4 Å². The molecule has 0 aliphatic carbocycles. The first-order valence-corrected chi connectivity index (χ1v) is 9.39. The van der Waals surface area contributed by atoms with Gasteiger partial charge in [0.05, 0.1) is 6.20 Å². The van der Waals surface area contributed by atoms with E-state index in [9.17, 15) is 4.79 Å². The number of carbonyl (C=O) groups is 1. The van der Waals surface area contributed by atoms with Gasteiger partial charge >= 0.3 is 0 Å². The van der Waals surface area contributed by atoms with Gasteiger partial charge in [-0.1, -0.05) is 61.9 Å². The van der Waals surface area contributed by atoms with E-state index in [1.54, 1.807) is 19.3 Å². The molecule has 4 heteroatoms. The van der Waals surface area contributed by atoms with E-state index in [0.717, 1.165) is 27.8 Å². The van der Waals surface area contributed by atoms with E-state index in [-0.39, 0.29) is 5.78 Å². The van der Waals surface area contributed by atoms with E-state index in [1.807, 2.05) is 82.3 Å². The number of rotatable bonds is 2. The van der Waals surface area contributed by atoms with Crippen molar-refractivity contribution in [2.75, 3.05) is 0 Å². The maximum absolute atomic E-state index is 10.8. The highest BCUT2D eigenvalue weighted by molar-refractivity contribution is 5.93. The minimum absolute atomic E-state index is 0.125. The Balaban J connectivity index is 0.000000202. The highest BCUT2D eigenvalue weighted by Crippen LogP contribution is 2.25. The van der Waals surface area contributed by atoms with Gasteiger partial charge in [0, 0.05) is 23.4 Å². The van der Waals surface area contributed by atoms with Crippen LogP contribution in [0.25, 0.3) is 22.6 Å². The summed E-state index contributed by atoms with van der Waals surface area (Å²) in [5, 5.41) is 0. The predicted octanol–water partition coefficient (Wildman–Crippen LogP) is 6.42. The standard InChI is InChI=1S/C13H10N2O.C9H10O.C2H6/c1-9-4-2-3-5-10(9)13-15-11-8-14-7-6-12(11)16-13;1-7-3-5-9(6-4-7)8(2)10;1-2/h2-8H,1H3;3-6H,1-2H3;1-2H3. The number of fused-ring (bicyclic) bond motifs is 1. The second-order valence-corrected chi connectivity index (χ2v) is 6.10. The number of aryl methyl sites for hydroxylation is 2. The Hall–Kier alpha value is -3.27. The molecule has 0 saturated heterocycles. The van der Waals surface area contributed by atoms with Crippen LogP contribution in [-0.2, 0) is 0 Å². The first-order chi connectivity index (χ1) is 13.5. The molecular formula is C24H26N2O2. The Morgan fingerprint density at radius 3 is 2.21 bits per heavy atom. The summed E-state index contributed by atoms with van der Waals surface area (Å²) >= 11 is 0. The van der Waals surface area contributed by atoms with Gasteiger partial charge in [-0.2, -0.15) is 0 Å². The predicted molar refractivity (Wildman–Crippen MR) is 115 cm³/mol. The molecule has 4 nitrogen and oxygen atoms in total. The molecule has 4 rings (SSSR count). The number of carbonyl (C=O) groups excluding carboxylic acids is 1. The lowest BCUT2D eigenvalue weighted by molar-refractivity contribution is 0.101. The van der Waals surface area contributed by atoms with E-state index in [0.29, 0.717) is 5.89 Å². The molecule has 0 saturated carbocycles. The molecule has 28 heavy (non-hydrogen) atoms. The van der Waals surface area contributed by atoms with Gasteiger partial charge in [-0.15, -0.1) is 0 Å². The second kappa shape index (κ2) is 10.2. The Labute approximate surface area is 166 Å². The van der Waals surface area contributed by atoms with Crippen LogP contribution in [-0.4, -0.2) is 15.8 Å². The second-order valence-electron chi connectivity index (χ2n) is 6.10. The van der Waals surface area contributed by atoms with Gasteiger partial charge in [-0.3, -0.25) is 9.78 Å². The Morgan fingerprint density at radius 2 is 1.61 bits per heavy atom. The van der Waals surface area contributed by atoms with E-state index in [2.05, 4.69) is 9.97 Å². The average molecular weight is 374 g/mol. The van der Waals surface area contributed by atoms with Gasteiger partial charge in [-0.25, -0.2) is 4.98 Å². The van der Waals surface area contributed by atoms with Crippen LogP contribution >= 0.6 is 0 Å². The highest BCUT2D eigenvalue weighted by Gasteiger charge is 2.09. The molecule has 0 spiro atoms. The third-order valence-corrected chi connectivity index (χ3v) is 4.02. The number of nitrogens with zero attached hydrogens (tertiary/aromatic N) is 2. The number of ketones is 1. The fraction of sp³-hybridized carbons (Fsp3) is 0.208. The first kappa shape index (κ1) is 21.0. The molecule has 0 amide bonds. The summed E-state index contributed by atoms with van der Waals surface area (Å²) in [6, 6.07) is 17.4. The molecule has 0 N–H and O–H groups in total. The van der Waals surface area contributed by atoms with E-state index in [4.69, 9.17) is 4.42 Å². The minimum Gasteiger partial charge on any atom is -0.436 e. The van der Waals surface area contributed by atoms with Crippen LogP contribution in [0.3, 0.4) is 0 Å². The average Bonchev–Trinajstić information content (AvgIpc) is 3.15. The van der Waals surface area contributed by atoms with Crippen molar-refractivity contribution in [3.05, 3.63) is 83.7 Å². The Morgan fingerprint density at radius 1 is 0.929 bits per heavy atom. The summed E-state index contributed by atoms with van der Waals surface area (Å²) in [6.07, 6.45) is 3.41. The summed E-state index contributed by atoms with van der Waals surface area (Å²) in [5.41, 5.74) is 5.71. The van der Waals surface area contributed by atoms with Crippen molar-refractivity contribution < 1.29 is 9.21 Å². The van der Waals surface area contributed by atoms with Gasteiger partial charge in [0.1, 0.15) is 5.52 Å². The topological polar surface area (TPSA) is 56.0 Å². The zero-order valence-corrected chi connectivity index (χ0v) is 17.1. The lowest BCUT2D eigenvalue weighted by Gasteiger charge is -1.98. The molecule has 0 radical (unpaired) electrons. The zero-order chi connectivity index (χ0) is 20.5. The van der Waals surface area contributed by atoms with Crippen molar-refractivity contribution in [3.8, 4) is 11.5 Å². The molecule has 2 heterocycles. The Bertz CT molecular complexity index is 1000. The molecule has 2 aromatic carbocycles. The summed E-state index contributed by atoms with van der Waals surface area (Å²) in [7, 11) is 0. The van der Waals surface area contributed by atoms with Crippen molar-refractivity contribution >= 4 is 16.9 Å². The zero-order valence-electron chi connectivity index (χ0n) is 17.1. The highest BCUT2D eigenvalue weighted by atomic mass is 16.3. The number of hydrogen-bond donors (Lipinski definition) is 0. The van der Waals surface area contributed by atoms with Crippen LogP contribution in [0.15, 0.2) is 71.4 Å². The largest absolute Gasteiger partial charge is 0.436 e. The molecule has 144 valence electrons. The van der Waals surface area contributed by atoms with Crippen LogP contribution in [0.1, 0.15) is 42.3 Å². The minimum atomic E-state index is 0.125. The van der Waals surface area contributed by atoms with Crippen LogP contribution in [0.4, 0.5) is 0 Å². The molecule has 0 unspecified atom stereocenters. The SMILES string of the molecule is CC.CC(=O)c1ccc(C)cc1.Cc1ccccc1-c1nc2cnccc2o1. The van der Waals surface area contributed by atoms with Gasteiger partial charge in [0.2, 0.25) is 5.89 Å². The van der Waals surface area contributed by atoms with Crippen LogP contribution in [0.2, 0.25) is 0 Å². The maximum Gasteiger partial charge on any atom is 0.227 e. The molecule has 0 bridgehead atoms. The van der Waals surface area contributed by atoms with Crippen molar-refractivity contribution in [2.24, 2.45) is 0 Å². The summed E-state index contributed by atoms with van der Waals surface area (Å²) in [4.78, 5) is 19.2. The normalized spacial score (nSPS) is 9.75. The van der Waals surface area contributed by atoms with Crippen LogP contribution in [0, 0.1) is 13.8 Å². The number of pyridine rings is 1. The van der Waals surface area contributed by atoms with Gasteiger partial charge in [-0.05, 0) is 32.4 Å². The van der Waals surface area contributed by atoms with Crippen molar-refractivity contribution in [3.63, 3.8) is 0 Å². The van der Waals surface area contributed by atoms with E-state index >= 15 is 0 Å².